The quantitative estimate of drug-likeness (QED) is 0.272. The van der Waals surface area contributed by atoms with Gasteiger partial charge < -0.3 is 34.3 Å². The number of carboxylic acids is 2. The first kappa shape index (κ1) is 30.0. The fourth-order valence-electron chi connectivity index (χ4n) is 1.78. The summed E-state index contributed by atoms with van der Waals surface area (Å²) in [5.74, 6) is -5.75. The van der Waals surface area contributed by atoms with Crippen LogP contribution in [0.15, 0.2) is 0 Å². The number of ether oxygens (including phenoxy) is 4. The first-order valence-electron chi connectivity index (χ1n) is 8.90. The van der Waals surface area contributed by atoms with Gasteiger partial charge in [-0.1, -0.05) is 0 Å². The topological polar surface area (TPSA) is 200 Å². The van der Waals surface area contributed by atoms with Gasteiger partial charge in [-0.15, -0.1) is 0 Å². The number of esters is 4. The number of carbonyl (C=O) groups is 6. The Kier molecular flexibility index (Phi) is 14.2. The third-order valence-corrected chi connectivity index (χ3v) is 2.92. The van der Waals surface area contributed by atoms with E-state index in [1.165, 1.54) is 20.8 Å². The van der Waals surface area contributed by atoms with Crippen molar-refractivity contribution in [2.24, 2.45) is 0 Å². The van der Waals surface area contributed by atoms with Gasteiger partial charge in [0.15, 0.2) is 11.7 Å². The van der Waals surface area contributed by atoms with Gasteiger partial charge in [-0.3, -0.25) is 24.0 Å². The minimum atomic E-state index is -2.63. The number of aliphatic carboxylic acids is 2. The van der Waals surface area contributed by atoms with E-state index in [0.29, 0.717) is 0 Å². The molecular weight excluding hydrogens is 424 g/mol. The molecule has 178 valence electrons. The predicted octanol–water partition coefficient (Wildman–Crippen LogP) is -0.337. The third-order valence-electron chi connectivity index (χ3n) is 2.92. The summed E-state index contributed by atoms with van der Waals surface area (Å²) in [4.78, 5) is 63.8. The van der Waals surface area contributed by atoms with E-state index in [0.717, 1.165) is 0 Å². The maximum atomic E-state index is 11.1. The second kappa shape index (κ2) is 14.7. The molecule has 13 heteroatoms. The average molecular weight is 452 g/mol. The van der Waals surface area contributed by atoms with Gasteiger partial charge in [0.2, 0.25) is 0 Å². The largest absolute Gasteiger partial charge is 0.481 e. The van der Waals surface area contributed by atoms with E-state index in [1.807, 2.05) is 0 Å². The summed E-state index contributed by atoms with van der Waals surface area (Å²) in [5, 5.41) is 26.5. The summed E-state index contributed by atoms with van der Waals surface area (Å²) >= 11 is 0. The van der Waals surface area contributed by atoms with Crippen LogP contribution in [-0.2, 0) is 47.7 Å². The number of carbonyl (C=O) groups excluding carboxylic acids is 4. The monoisotopic (exact) mass is 452 g/mol. The van der Waals surface area contributed by atoms with Crippen LogP contribution in [0.5, 0.6) is 0 Å². The molecule has 0 aliphatic carbocycles. The van der Waals surface area contributed by atoms with Crippen molar-refractivity contribution in [3.05, 3.63) is 0 Å². The van der Waals surface area contributed by atoms with Gasteiger partial charge in [0, 0.05) is 20.8 Å². The molecule has 0 aromatic carbocycles. The molecule has 0 aromatic rings. The van der Waals surface area contributed by atoms with Gasteiger partial charge in [0.1, 0.15) is 13.2 Å². The average Bonchev–Trinajstić information content (AvgIpc) is 2.55. The molecule has 0 aliphatic rings. The lowest BCUT2D eigenvalue weighted by Crippen LogP contribution is -2.43. The maximum absolute atomic E-state index is 11.1. The van der Waals surface area contributed by atoms with Gasteiger partial charge >= 0.3 is 35.8 Å². The molecule has 31 heavy (non-hydrogen) atoms. The van der Waals surface area contributed by atoms with Gasteiger partial charge in [0.05, 0.1) is 18.9 Å². The van der Waals surface area contributed by atoms with Crippen LogP contribution in [0.3, 0.4) is 0 Å². The summed E-state index contributed by atoms with van der Waals surface area (Å²) in [6.45, 7) is 6.54. The first-order valence-corrected chi connectivity index (χ1v) is 8.90. The molecule has 1 unspecified atom stereocenters. The molecule has 0 fully saturated rings. The number of carboxylic acid groups (broad SMARTS) is 2. The lowest BCUT2D eigenvalue weighted by atomic mass is 9.96. The van der Waals surface area contributed by atoms with Crippen LogP contribution in [0.1, 0.15) is 47.5 Å². The molecular formula is C18H28O13. The van der Waals surface area contributed by atoms with E-state index in [2.05, 4.69) is 14.2 Å². The number of hydrogen-bond donors (Lipinski definition) is 3. The van der Waals surface area contributed by atoms with Crippen LogP contribution in [0.2, 0.25) is 0 Å². The Morgan fingerprint density at radius 1 is 0.774 bits per heavy atom. The highest BCUT2D eigenvalue weighted by molar-refractivity contribution is 5.88. The first-order chi connectivity index (χ1) is 14.1. The molecule has 13 nitrogen and oxygen atoms in total. The van der Waals surface area contributed by atoms with Crippen molar-refractivity contribution in [1.82, 2.24) is 0 Å². The van der Waals surface area contributed by atoms with E-state index < -0.39 is 66.5 Å². The molecule has 0 saturated carbocycles. The van der Waals surface area contributed by atoms with E-state index >= 15 is 0 Å². The molecule has 3 N–H and O–H groups in total. The van der Waals surface area contributed by atoms with Crippen molar-refractivity contribution in [1.29, 1.82) is 0 Å². The van der Waals surface area contributed by atoms with Gasteiger partial charge in [0.25, 0.3) is 0 Å². The zero-order valence-corrected chi connectivity index (χ0v) is 17.9. The molecule has 0 saturated heterocycles. The normalized spacial score (nSPS) is 12.0. The zero-order chi connectivity index (χ0) is 24.8. The SMILES string of the molecule is CC(=O)OCC(COC(C)=O)OC(C)=O.CC(C)OC(=O)CC(O)(CC(=O)O)C(=O)O. The lowest BCUT2D eigenvalue weighted by Gasteiger charge is -2.20. The van der Waals surface area contributed by atoms with Crippen LogP contribution in [0.4, 0.5) is 0 Å². The Morgan fingerprint density at radius 2 is 1.23 bits per heavy atom. The molecule has 0 amide bonds. The molecule has 0 rings (SSSR count). The minimum Gasteiger partial charge on any atom is -0.481 e. The molecule has 0 radical (unpaired) electrons. The van der Waals surface area contributed by atoms with Crippen molar-refractivity contribution in [2.45, 2.75) is 65.3 Å². The molecule has 0 heterocycles. The van der Waals surface area contributed by atoms with E-state index in [-0.39, 0.29) is 13.2 Å². The maximum Gasteiger partial charge on any atom is 0.336 e. The van der Waals surface area contributed by atoms with Crippen molar-refractivity contribution < 1.29 is 63.0 Å². The van der Waals surface area contributed by atoms with Crippen molar-refractivity contribution in [3.63, 3.8) is 0 Å². The predicted molar refractivity (Wildman–Crippen MR) is 99.5 cm³/mol. The molecule has 0 aliphatic heterocycles. The smallest absolute Gasteiger partial charge is 0.336 e. The molecule has 0 spiro atoms. The van der Waals surface area contributed by atoms with Crippen LogP contribution < -0.4 is 0 Å². The van der Waals surface area contributed by atoms with E-state index in [1.54, 1.807) is 13.8 Å². The van der Waals surface area contributed by atoms with E-state index in [9.17, 15) is 33.9 Å². The van der Waals surface area contributed by atoms with Gasteiger partial charge in [-0.2, -0.15) is 0 Å². The molecule has 0 aromatic heterocycles. The minimum absolute atomic E-state index is 0.123. The molecule has 0 bridgehead atoms. The summed E-state index contributed by atoms with van der Waals surface area (Å²) in [7, 11) is 0. The number of rotatable bonds is 11. The number of hydrogen-bond acceptors (Lipinski definition) is 11. The lowest BCUT2D eigenvalue weighted by molar-refractivity contribution is -0.173. The summed E-state index contributed by atoms with van der Waals surface area (Å²) in [6.07, 6.45) is -3.17. The highest BCUT2D eigenvalue weighted by Gasteiger charge is 2.41. The van der Waals surface area contributed by atoms with E-state index in [4.69, 9.17) is 14.9 Å². The Bertz CT molecular complexity index is 637. The zero-order valence-electron chi connectivity index (χ0n) is 17.9. The Labute approximate surface area is 178 Å². The summed E-state index contributed by atoms with van der Waals surface area (Å²) in [5.41, 5.74) is -2.63. The van der Waals surface area contributed by atoms with Crippen molar-refractivity contribution in [3.8, 4) is 0 Å². The summed E-state index contributed by atoms with van der Waals surface area (Å²) in [6, 6.07) is 0. The Morgan fingerprint density at radius 3 is 1.52 bits per heavy atom. The van der Waals surface area contributed by atoms with Crippen molar-refractivity contribution in [2.75, 3.05) is 13.2 Å². The fourth-order valence-corrected chi connectivity index (χ4v) is 1.78. The van der Waals surface area contributed by atoms with Crippen molar-refractivity contribution >= 4 is 35.8 Å². The number of aliphatic hydroxyl groups is 1. The van der Waals surface area contributed by atoms with Crippen LogP contribution >= 0.6 is 0 Å². The third kappa shape index (κ3) is 17.4. The second-order valence-corrected chi connectivity index (χ2v) is 6.46. The highest BCUT2D eigenvalue weighted by atomic mass is 16.6. The standard InChI is InChI=1S/C9H14O7.C9H14O6/c1-5(2)16-7(12)4-9(15,8(13)14)3-6(10)11;1-6(10)13-4-9(15-8(3)12)5-14-7(2)11/h5,15H,3-4H2,1-2H3,(H,10,11)(H,13,14);9H,4-5H2,1-3H3. The van der Waals surface area contributed by atoms with Crippen LogP contribution in [0, 0.1) is 0 Å². The highest BCUT2D eigenvalue weighted by Crippen LogP contribution is 2.17. The Hall–Kier alpha value is -3.22. The van der Waals surface area contributed by atoms with Crippen LogP contribution in [0.25, 0.3) is 0 Å². The van der Waals surface area contributed by atoms with Crippen LogP contribution in [-0.4, -0.2) is 82.2 Å². The Balaban J connectivity index is 0. The molecule has 1 atom stereocenters. The van der Waals surface area contributed by atoms with Gasteiger partial charge in [-0.25, -0.2) is 4.79 Å². The van der Waals surface area contributed by atoms with Gasteiger partial charge in [-0.05, 0) is 13.8 Å². The summed E-state index contributed by atoms with van der Waals surface area (Å²) < 4.78 is 18.6. The second-order valence-electron chi connectivity index (χ2n) is 6.46. The fraction of sp³-hybridized carbons (Fsp3) is 0.667.